The van der Waals surface area contributed by atoms with Gasteiger partial charge in [-0.05, 0) is 35.9 Å². The van der Waals surface area contributed by atoms with Crippen LogP contribution in [0, 0.1) is 0 Å². The van der Waals surface area contributed by atoms with E-state index in [0.717, 1.165) is 10.2 Å². The maximum atomic E-state index is 13.3. The summed E-state index contributed by atoms with van der Waals surface area (Å²) in [5.74, 6) is 0.339. The molecule has 0 aliphatic heterocycles. The van der Waals surface area contributed by atoms with E-state index in [-0.39, 0.29) is 17.7 Å². The highest BCUT2D eigenvalue weighted by atomic mass is 35.5. The molecule has 3 aromatic heterocycles. The molecular formula is C26H23ClN6O6. The molecule has 0 spiro atoms. The number of pyridine rings is 1. The third-order valence-corrected chi connectivity index (χ3v) is 6.27. The summed E-state index contributed by atoms with van der Waals surface area (Å²) in [4.78, 5) is 26.4. The molecule has 5 rings (SSSR count). The van der Waals surface area contributed by atoms with Crippen LogP contribution in [0.5, 0.6) is 17.2 Å². The van der Waals surface area contributed by atoms with Crippen LogP contribution in [0.3, 0.4) is 0 Å². The van der Waals surface area contributed by atoms with Crippen molar-refractivity contribution in [2.45, 2.75) is 6.61 Å². The third kappa shape index (κ3) is 4.60. The SMILES string of the molecule is COCc1nn2c(nnc3c(=O)n(NC(=O)c4cc(OC)c(OC)c(OC)c4)ccc32)c1-c1ccc(Cl)cc1. The fraction of sp³-hybridized carbons (Fsp3) is 0.192. The van der Waals surface area contributed by atoms with Gasteiger partial charge in [0.05, 0.1) is 39.2 Å². The molecule has 13 heteroatoms. The zero-order valence-corrected chi connectivity index (χ0v) is 22.1. The summed E-state index contributed by atoms with van der Waals surface area (Å²) in [5, 5.41) is 13.7. The molecule has 0 aliphatic rings. The predicted molar refractivity (Wildman–Crippen MR) is 143 cm³/mol. The minimum atomic E-state index is -0.598. The highest BCUT2D eigenvalue weighted by Crippen LogP contribution is 2.38. The highest BCUT2D eigenvalue weighted by Gasteiger charge is 2.21. The molecule has 12 nitrogen and oxygen atoms in total. The number of carbonyl (C=O) groups is 1. The van der Waals surface area contributed by atoms with Gasteiger partial charge in [0.15, 0.2) is 22.7 Å². The van der Waals surface area contributed by atoms with Crippen molar-refractivity contribution in [1.29, 1.82) is 0 Å². The number of hydrogen-bond acceptors (Lipinski definition) is 9. The Hall–Kier alpha value is -4.68. The van der Waals surface area contributed by atoms with Crippen molar-refractivity contribution in [1.82, 2.24) is 24.5 Å². The van der Waals surface area contributed by atoms with E-state index in [0.29, 0.717) is 44.7 Å². The molecule has 5 aromatic rings. The topological polar surface area (TPSA) is 131 Å². The van der Waals surface area contributed by atoms with Crippen LogP contribution in [0.15, 0.2) is 53.5 Å². The summed E-state index contributed by atoms with van der Waals surface area (Å²) in [6.07, 6.45) is 1.42. The molecule has 0 saturated heterocycles. The van der Waals surface area contributed by atoms with E-state index in [4.69, 9.17) is 30.5 Å². The average molecular weight is 551 g/mol. The summed E-state index contributed by atoms with van der Waals surface area (Å²) in [6, 6.07) is 11.8. The van der Waals surface area contributed by atoms with Crippen LogP contribution in [0.2, 0.25) is 5.02 Å². The van der Waals surface area contributed by atoms with Crippen LogP contribution in [0.4, 0.5) is 0 Å². The Balaban J connectivity index is 1.57. The molecule has 0 aliphatic carbocycles. The van der Waals surface area contributed by atoms with Gasteiger partial charge in [0, 0.05) is 23.9 Å². The maximum absolute atomic E-state index is 13.3. The largest absolute Gasteiger partial charge is 0.493 e. The molecule has 0 saturated carbocycles. The number of nitrogens with zero attached hydrogens (tertiary/aromatic N) is 5. The third-order valence-electron chi connectivity index (χ3n) is 6.01. The van der Waals surface area contributed by atoms with Crippen LogP contribution in [0.1, 0.15) is 16.1 Å². The Morgan fingerprint density at radius 3 is 2.28 bits per heavy atom. The van der Waals surface area contributed by atoms with E-state index >= 15 is 0 Å². The Morgan fingerprint density at radius 1 is 0.974 bits per heavy atom. The quantitative estimate of drug-likeness (QED) is 0.309. The first-order valence-corrected chi connectivity index (χ1v) is 11.9. The Bertz CT molecular complexity index is 1740. The van der Waals surface area contributed by atoms with Crippen LogP contribution in [-0.4, -0.2) is 58.8 Å². The highest BCUT2D eigenvalue weighted by molar-refractivity contribution is 6.30. The molecule has 0 radical (unpaired) electrons. The number of hydrogen-bond donors (Lipinski definition) is 1. The van der Waals surface area contributed by atoms with Crippen molar-refractivity contribution >= 4 is 34.2 Å². The maximum Gasteiger partial charge on any atom is 0.299 e. The molecule has 2 aromatic carbocycles. The van der Waals surface area contributed by atoms with Gasteiger partial charge in [0.2, 0.25) is 5.75 Å². The van der Waals surface area contributed by atoms with Gasteiger partial charge >= 0.3 is 0 Å². The summed E-state index contributed by atoms with van der Waals surface area (Å²) >= 11 is 6.06. The Morgan fingerprint density at radius 2 is 1.67 bits per heavy atom. The smallest absolute Gasteiger partial charge is 0.299 e. The van der Waals surface area contributed by atoms with Gasteiger partial charge in [-0.1, -0.05) is 23.7 Å². The fourth-order valence-corrected chi connectivity index (χ4v) is 4.34. The number of nitrogens with one attached hydrogen (secondary N) is 1. The predicted octanol–water partition coefficient (Wildman–Crippen LogP) is 3.32. The minimum absolute atomic E-state index is 0.00400. The van der Waals surface area contributed by atoms with Gasteiger partial charge in [0.25, 0.3) is 11.5 Å². The van der Waals surface area contributed by atoms with Crippen LogP contribution in [0.25, 0.3) is 27.8 Å². The van der Waals surface area contributed by atoms with E-state index in [9.17, 15) is 9.59 Å². The van der Waals surface area contributed by atoms with E-state index in [1.807, 2.05) is 12.1 Å². The Labute approximate surface area is 226 Å². The number of ether oxygens (including phenoxy) is 4. The molecule has 1 amide bonds. The molecule has 39 heavy (non-hydrogen) atoms. The first kappa shape index (κ1) is 25.9. The van der Waals surface area contributed by atoms with Crippen molar-refractivity contribution in [3.8, 4) is 28.4 Å². The number of rotatable bonds is 8. The van der Waals surface area contributed by atoms with Crippen molar-refractivity contribution in [3.05, 3.63) is 75.3 Å². The van der Waals surface area contributed by atoms with Crippen molar-refractivity contribution < 1.29 is 23.7 Å². The average Bonchev–Trinajstić information content (AvgIpc) is 3.32. The van der Waals surface area contributed by atoms with Gasteiger partial charge in [-0.2, -0.15) is 5.10 Å². The normalized spacial score (nSPS) is 11.1. The van der Waals surface area contributed by atoms with E-state index in [2.05, 4.69) is 20.7 Å². The lowest BCUT2D eigenvalue weighted by molar-refractivity contribution is 0.101. The van der Waals surface area contributed by atoms with E-state index in [1.165, 1.54) is 44.2 Å². The summed E-state index contributed by atoms with van der Waals surface area (Å²) in [5.41, 5.74) is 5.13. The number of amides is 1. The van der Waals surface area contributed by atoms with E-state index < -0.39 is 11.5 Å². The number of carbonyl (C=O) groups excluding carboxylic acids is 1. The van der Waals surface area contributed by atoms with Crippen molar-refractivity contribution in [2.75, 3.05) is 33.9 Å². The van der Waals surface area contributed by atoms with Gasteiger partial charge in [0.1, 0.15) is 5.52 Å². The van der Waals surface area contributed by atoms with Crippen molar-refractivity contribution in [3.63, 3.8) is 0 Å². The fourth-order valence-electron chi connectivity index (χ4n) is 4.22. The second-order valence-electron chi connectivity index (χ2n) is 8.28. The number of methoxy groups -OCH3 is 4. The molecule has 200 valence electrons. The van der Waals surface area contributed by atoms with Crippen molar-refractivity contribution in [2.24, 2.45) is 0 Å². The lowest BCUT2D eigenvalue weighted by Crippen LogP contribution is -2.33. The summed E-state index contributed by atoms with van der Waals surface area (Å²) < 4.78 is 23.8. The first-order chi connectivity index (χ1) is 18.9. The molecule has 0 atom stereocenters. The zero-order chi connectivity index (χ0) is 27.7. The molecule has 0 bridgehead atoms. The Kier molecular flexibility index (Phi) is 7.05. The van der Waals surface area contributed by atoms with Gasteiger partial charge in [-0.3, -0.25) is 15.0 Å². The number of aromatic nitrogens is 5. The molecular weight excluding hydrogens is 528 g/mol. The van der Waals surface area contributed by atoms with Gasteiger partial charge in [-0.15, -0.1) is 10.2 Å². The lowest BCUT2D eigenvalue weighted by atomic mass is 10.1. The van der Waals surface area contributed by atoms with Crippen LogP contribution in [-0.2, 0) is 11.3 Å². The molecule has 0 unspecified atom stereocenters. The first-order valence-electron chi connectivity index (χ1n) is 11.6. The van der Waals surface area contributed by atoms with Crippen LogP contribution >= 0.6 is 11.6 Å². The number of halogens is 1. The number of benzene rings is 2. The number of fused-ring (bicyclic) bond motifs is 3. The minimum Gasteiger partial charge on any atom is -0.493 e. The zero-order valence-electron chi connectivity index (χ0n) is 21.4. The molecule has 0 fully saturated rings. The molecule has 1 N–H and O–H groups in total. The summed E-state index contributed by atoms with van der Waals surface area (Å²) in [7, 11) is 5.91. The molecule has 3 heterocycles. The van der Waals surface area contributed by atoms with Crippen LogP contribution < -0.4 is 25.2 Å². The summed E-state index contributed by atoms with van der Waals surface area (Å²) in [6.45, 7) is 0.213. The second kappa shape index (κ2) is 10.6. The van der Waals surface area contributed by atoms with Gasteiger partial charge < -0.3 is 18.9 Å². The second-order valence-corrected chi connectivity index (χ2v) is 8.71. The monoisotopic (exact) mass is 550 g/mol. The standard InChI is InChI=1S/C26H23ClN6O6/c1-36-13-17-21(14-5-7-16(27)8-6-14)24-29-28-22-18(33(24)30-17)9-10-32(26(22)35)31-25(34)15-11-19(37-2)23(39-4)20(12-15)38-3/h5-12H,13H2,1-4H3,(H,31,34). The lowest BCUT2D eigenvalue weighted by Gasteiger charge is -2.14. The van der Waals surface area contributed by atoms with E-state index in [1.54, 1.807) is 25.3 Å². The van der Waals surface area contributed by atoms with Gasteiger partial charge in [-0.25, -0.2) is 9.19 Å².